The average molecular weight is 370 g/mol. The third-order valence-electron chi connectivity index (χ3n) is 1.72. The minimum absolute atomic E-state index is 0.0995. The number of carbonyl (C=O) groups excluding carboxylic acids is 3. The topological polar surface area (TPSA) is 86.7 Å². The number of hydrogen-bond acceptors (Lipinski definition) is 6. The molecule has 0 fully saturated rings. The first-order valence-corrected chi connectivity index (χ1v) is 10.1. The van der Waals surface area contributed by atoms with E-state index in [1.807, 2.05) is 0 Å². The summed E-state index contributed by atoms with van der Waals surface area (Å²) in [5.74, 6) is -3.56. The Bertz CT molecular complexity index is 355. The number of hydrogen-bond donors (Lipinski definition) is 0. The molecule has 0 saturated heterocycles. The molecule has 0 radical (unpaired) electrons. The molecule has 0 aromatic carbocycles. The Kier molecular flexibility index (Phi) is 12.5. The van der Waals surface area contributed by atoms with Gasteiger partial charge in [0.25, 0.3) is 0 Å². The van der Waals surface area contributed by atoms with Crippen molar-refractivity contribution in [2.24, 2.45) is 5.92 Å². The van der Waals surface area contributed by atoms with Gasteiger partial charge in [-0.05, 0) is 47.6 Å². The lowest BCUT2D eigenvalue weighted by atomic mass is 10.0. The largest absolute Gasteiger partial charge is 0.465 e. The zero-order chi connectivity index (χ0) is 16.3. The van der Waals surface area contributed by atoms with Gasteiger partial charge in [0.15, 0.2) is 5.78 Å². The van der Waals surface area contributed by atoms with E-state index in [-0.39, 0.29) is 19.6 Å². The lowest BCUT2D eigenvalue weighted by molar-refractivity contribution is -0.164. The molecule has 0 atom stereocenters. The number of carbonyl (C=O) groups is 3. The summed E-state index contributed by atoms with van der Waals surface area (Å²) in [6.45, 7) is 5.05. The smallest absolute Gasteiger partial charge is 0.339 e. The van der Waals surface area contributed by atoms with Gasteiger partial charge in [0.1, 0.15) is 0 Å². The summed E-state index contributed by atoms with van der Waals surface area (Å²) in [5.41, 5.74) is 0. The van der Waals surface area contributed by atoms with Gasteiger partial charge in [-0.25, -0.2) is 0 Å². The molecule has 118 valence electrons. The molecule has 0 amide bonds. The Morgan fingerprint density at radius 1 is 0.950 bits per heavy atom. The van der Waals surface area contributed by atoms with Crippen molar-refractivity contribution in [1.82, 2.24) is 0 Å². The highest BCUT2D eigenvalue weighted by Crippen LogP contribution is 2.61. The van der Waals surface area contributed by atoms with Gasteiger partial charge in [-0.15, -0.1) is 0 Å². The van der Waals surface area contributed by atoms with E-state index in [1.165, 1.54) is 0 Å². The maximum atomic E-state index is 11.3. The Balaban J connectivity index is 0. The summed E-state index contributed by atoms with van der Waals surface area (Å²) >= 11 is 13.8. The van der Waals surface area contributed by atoms with Crippen LogP contribution in [0.4, 0.5) is 0 Å². The van der Waals surface area contributed by atoms with Crippen molar-refractivity contribution >= 4 is 56.6 Å². The van der Waals surface area contributed by atoms with Gasteiger partial charge in [0, 0.05) is 6.42 Å². The molecule has 20 heavy (non-hydrogen) atoms. The third kappa shape index (κ3) is 12.7. The van der Waals surface area contributed by atoms with E-state index in [0.717, 1.165) is 0 Å². The SMILES string of the molecule is CCOC(=O)C(C(=O)CC)C(=O)OCC.O=P(Cl)(Cl)Cl. The minimum atomic E-state index is -3.22. The Morgan fingerprint density at radius 2 is 1.25 bits per heavy atom. The first-order chi connectivity index (χ1) is 9.08. The molecular formula is C10H16Cl3O6P. The van der Waals surface area contributed by atoms with Gasteiger partial charge >= 0.3 is 17.1 Å². The number of ether oxygens (including phenoxy) is 2. The maximum absolute atomic E-state index is 11.3. The van der Waals surface area contributed by atoms with E-state index in [2.05, 4.69) is 43.2 Å². The summed E-state index contributed by atoms with van der Waals surface area (Å²) in [7, 11) is 0. The molecule has 0 bridgehead atoms. The van der Waals surface area contributed by atoms with Crippen LogP contribution >= 0.6 is 38.9 Å². The first kappa shape index (κ1) is 22.0. The van der Waals surface area contributed by atoms with E-state index in [1.54, 1.807) is 20.8 Å². The molecule has 0 aromatic heterocycles. The fraction of sp³-hybridized carbons (Fsp3) is 0.700. The van der Waals surface area contributed by atoms with Crippen LogP contribution in [0.15, 0.2) is 0 Å². The summed E-state index contributed by atoms with van der Waals surface area (Å²) in [4.78, 5) is 34.0. The summed E-state index contributed by atoms with van der Waals surface area (Å²) in [6.07, 6.45) is 0.0995. The normalized spacial score (nSPS) is 10.3. The standard InChI is InChI=1S/C10H16O5.Cl3OP/c1-4-7(11)8(9(12)14-5-2)10(13)15-6-3;1-5(2,3)4/h8H,4-6H2,1-3H3;. The molecule has 0 aliphatic rings. The van der Waals surface area contributed by atoms with Crippen molar-refractivity contribution in [2.75, 3.05) is 13.2 Å². The van der Waals surface area contributed by atoms with E-state index in [9.17, 15) is 18.9 Å². The highest BCUT2D eigenvalue weighted by Gasteiger charge is 2.35. The van der Waals surface area contributed by atoms with Crippen molar-refractivity contribution in [3.63, 3.8) is 0 Å². The average Bonchev–Trinajstić information content (AvgIpc) is 2.27. The molecule has 6 nitrogen and oxygen atoms in total. The fourth-order valence-corrected chi connectivity index (χ4v) is 1.01. The first-order valence-electron chi connectivity index (χ1n) is 5.63. The molecular weight excluding hydrogens is 353 g/mol. The number of esters is 2. The summed E-state index contributed by atoms with van der Waals surface area (Å²) < 4.78 is 18.8. The second-order valence-electron chi connectivity index (χ2n) is 3.16. The number of Topliss-reactive ketones (excluding diaryl/α,β-unsaturated/α-hetero) is 1. The highest BCUT2D eigenvalue weighted by molar-refractivity contribution is 8.24. The minimum Gasteiger partial charge on any atom is -0.465 e. The van der Waals surface area contributed by atoms with Gasteiger partial charge in [0.2, 0.25) is 5.92 Å². The van der Waals surface area contributed by atoms with Gasteiger partial charge in [-0.3, -0.25) is 18.9 Å². The maximum Gasteiger partial charge on any atom is 0.339 e. The molecule has 0 rings (SSSR count). The zero-order valence-electron chi connectivity index (χ0n) is 11.2. The fourth-order valence-electron chi connectivity index (χ4n) is 1.01. The number of rotatable bonds is 6. The van der Waals surface area contributed by atoms with Crippen LogP contribution in [0.5, 0.6) is 0 Å². The van der Waals surface area contributed by atoms with Gasteiger partial charge < -0.3 is 9.47 Å². The Morgan fingerprint density at radius 3 is 1.45 bits per heavy atom. The van der Waals surface area contributed by atoms with Crippen molar-refractivity contribution in [1.29, 1.82) is 0 Å². The van der Waals surface area contributed by atoms with Crippen LogP contribution in [0, 0.1) is 5.92 Å². The van der Waals surface area contributed by atoms with Gasteiger partial charge in [0.05, 0.1) is 13.2 Å². The van der Waals surface area contributed by atoms with Crippen LogP contribution in [-0.2, 0) is 28.4 Å². The van der Waals surface area contributed by atoms with Crippen LogP contribution in [0.2, 0.25) is 0 Å². The number of halogens is 3. The van der Waals surface area contributed by atoms with Crippen LogP contribution in [0.1, 0.15) is 27.2 Å². The highest BCUT2D eigenvalue weighted by atomic mass is 36.0. The molecule has 0 aliphatic carbocycles. The quantitative estimate of drug-likeness (QED) is 0.404. The summed E-state index contributed by atoms with van der Waals surface area (Å²) in [5, 5.41) is -3.22. The van der Waals surface area contributed by atoms with Crippen molar-refractivity contribution in [3.05, 3.63) is 0 Å². The second kappa shape index (κ2) is 11.4. The lowest BCUT2D eigenvalue weighted by Crippen LogP contribution is -2.34. The van der Waals surface area contributed by atoms with Gasteiger partial charge in [-0.1, -0.05) is 6.92 Å². The van der Waals surface area contributed by atoms with E-state index in [4.69, 9.17) is 0 Å². The van der Waals surface area contributed by atoms with E-state index >= 15 is 0 Å². The van der Waals surface area contributed by atoms with Crippen LogP contribution in [-0.4, -0.2) is 30.9 Å². The second-order valence-corrected chi connectivity index (χ2v) is 9.80. The van der Waals surface area contributed by atoms with Crippen molar-refractivity contribution in [2.45, 2.75) is 27.2 Å². The Hall–Kier alpha value is -0.290. The molecule has 0 unspecified atom stereocenters. The Labute approximate surface area is 131 Å². The molecule has 0 N–H and O–H groups in total. The van der Waals surface area contributed by atoms with E-state index < -0.39 is 28.8 Å². The zero-order valence-corrected chi connectivity index (χ0v) is 14.4. The van der Waals surface area contributed by atoms with Crippen LogP contribution in [0.3, 0.4) is 0 Å². The molecule has 0 aromatic rings. The van der Waals surface area contributed by atoms with Gasteiger partial charge in [-0.2, -0.15) is 0 Å². The molecule has 0 saturated carbocycles. The van der Waals surface area contributed by atoms with Crippen molar-refractivity contribution in [3.8, 4) is 0 Å². The van der Waals surface area contributed by atoms with Crippen molar-refractivity contribution < 1.29 is 28.4 Å². The molecule has 0 heterocycles. The lowest BCUT2D eigenvalue weighted by Gasteiger charge is -2.12. The van der Waals surface area contributed by atoms with Crippen LogP contribution in [0.25, 0.3) is 0 Å². The van der Waals surface area contributed by atoms with Crippen LogP contribution < -0.4 is 0 Å². The monoisotopic (exact) mass is 368 g/mol. The number of ketones is 1. The van der Waals surface area contributed by atoms with E-state index in [0.29, 0.717) is 0 Å². The predicted molar refractivity (Wildman–Crippen MR) is 77.2 cm³/mol. The third-order valence-corrected chi connectivity index (χ3v) is 1.72. The summed E-state index contributed by atoms with van der Waals surface area (Å²) in [6, 6.07) is 0. The predicted octanol–water partition coefficient (Wildman–Crippen LogP) is 3.52. The molecule has 0 spiro atoms. The molecule has 0 aliphatic heterocycles. The molecule has 10 heteroatoms.